The van der Waals surface area contributed by atoms with Gasteiger partial charge in [0.15, 0.2) is 0 Å². The van der Waals surface area contributed by atoms with Crippen LogP contribution in [0.1, 0.15) is 18.4 Å². The maximum absolute atomic E-state index is 13.1. The zero-order chi connectivity index (χ0) is 23.5. The number of methoxy groups -OCH3 is 1. The van der Waals surface area contributed by atoms with Gasteiger partial charge in [0, 0.05) is 51.1 Å². The van der Waals surface area contributed by atoms with E-state index >= 15 is 0 Å². The Balaban J connectivity index is 1.36. The minimum Gasteiger partial charge on any atom is -0.494 e. The highest BCUT2D eigenvalue weighted by molar-refractivity contribution is 5.90. The fraction of sp³-hybridized carbons (Fsp3) is 0.560. The molecule has 2 aromatic rings. The van der Waals surface area contributed by atoms with Gasteiger partial charge in [-0.15, -0.1) is 0 Å². The number of carbonyl (C=O) groups is 2. The molecule has 1 aromatic heterocycles. The highest BCUT2D eigenvalue weighted by atomic mass is 16.5. The molecule has 0 aliphatic carbocycles. The third-order valence-electron chi connectivity index (χ3n) is 6.73. The number of rotatable bonds is 7. The number of anilines is 1. The van der Waals surface area contributed by atoms with E-state index in [1.807, 2.05) is 36.0 Å². The Hall–Kier alpha value is -2.87. The van der Waals surface area contributed by atoms with Gasteiger partial charge in [-0.1, -0.05) is 12.1 Å². The van der Waals surface area contributed by atoms with Crippen molar-refractivity contribution in [2.24, 2.45) is 5.92 Å². The van der Waals surface area contributed by atoms with Crippen LogP contribution in [0.4, 0.5) is 5.82 Å². The molecule has 178 valence electrons. The van der Waals surface area contributed by atoms with Crippen LogP contribution < -0.4 is 9.64 Å². The van der Waals surface area contributed by atoms with Gasteiger partial charge in [-0.2, -0.15) is 0 Å². The molecule has 0 bridgehead atoms. The minimum absolute atomic E-state index is 0.107. The summed E-state index contributed by atoms with van der Waals surface area (Å²) in [5, 5.41) is 1.09. The van der Waals surface area contributed by atoms with Crippen LogP contribution in [0.5, 0.6) is 5.75 Å². The van der Waals surface area contributed by atoms with Crippen molar-refractivity contribution in [1.29, 1.82) is 0 Å². The van der Waals surface area contributed by atoms with Gasteiger partial charge in [-0.25, -0.2) is 4.98 Å². The van der Waals surface area contributed by atoms with E-state index in [1.165, 1.54) is 0 Å². The van der Waals surface area contributed by atoms with Gasteiger partial charge >= 0.3 is 0 Å². The topological polar surface area (TPSA) is 69.2 Å². The zero-order valence-corrected chi connectivity index (χ0v) is 20.2. The van der Waals surface area contributed by atoms with Crippen molar-refractivity contribution >= 4 is 28.5 Å². The monoisotopic (exact) mass is 453 g/mol. The van der Waals surface area contributed by atoms with E-state index in [1.54, 1.807) is 7.11 Å². The van der Waals surface area contributed by atoms with Crippen molar-refractivity contribution in [2.75, 3.05) is 71.9 Å². The average molecular weight is 454 g/mol. The quantitative estimate of drug-likeness (QED) is 0.639. The summed E-state index contributed by atoms with van der Waals surface area (Å²) in [5.41, 5.74) is 2.03. The van der Waals surface area contributed by atoms with Gasteiger partial charge in [0.25, 0.3) is 0 Å². The summed E-state index contributed by atoms with van der Waals surface area (Å²) >= 11 is 0. The molecule has 33 heavy (non-hydrogen) atoms. The molecule has 0 saturated carbocycles. The molecular formula is C25H35N5O3. The van der Waals surface area contributed by atoms with Crippen molar-refractivity contribution in [3.05, 3.63) is 29.8 Å². The average Bonchev–Trinajstić information content (AvgIpc) is 3.18. The number of para-hydroxylation sites is 1. The highest BCUT2D eigenvalue weighted by Gasteiger charge is 2.37. The summed E-state index contributed by atoms with van der Waals surface area (Å²) in [6, 6.07) is 8.09. The number of pyridine rings is 1. The lowest BCUT2D eigenvalue weighted by atomic mass is 10.1. The molecule has 3 heterocycles. The molecule has 0 spiro atoms. The number of piperazine rings is 1. The number of hydrogen-bond acceptors (Lipinski definition) is 6. The number of amides is 2. The first-order chi connectivity index (χ1) is 15.9. The molecule has 2 saturated heterocycles. The van der Waals surface area contributed by atoms with Crippen molar-refractivity contribution < 1.29 is 14.3 Å². The number of fused-ring (bicyclic) bond motifs is 1. The number of aryl methyl sites for hydroxylation is 1. The van der Waals surface area contributed by atoms with Crippen molar-refractivity contribution in [3.8, 4) is 5.75 Å². The van der Waals surface area contributed by atoms with Crippen LogP contribution >= 0.6 is 0 Å². The number of carbonyl (C=O) groups excluding carboxylic acids is 2. The Morgan fingerprint density at radius 3 is 2.67 bits per heavy atom. The van der Waals surface area contributed by atoms with Crippen molar-refractivity contribution in [1.82, 2.24) is 19.7 Å². The number of likely N-dealkylation sites (tertiary alicyclic amines) is 1. The Kier molecular flexibility index (Phi) is 7.02. The molecule has 0 N–H and O–H groups in total. The summed E-state index contributed by atoms with van der Waals surface area (Å²) < 4.78 is 5.52. The van der Waals surface area contributed by atoms with E-state index in [4.69, 9.17) is 9.72 Å². The number of nitrogens with zero attached hydrogens (tertiary/aromatic N) is 5. The Bertz CT molecular complexity index is 1020. The van der Waals surface area contributed by atoms with E-state index in [0.29, 0.717) is 26.1 Å². The van der Waals surface area contributed by atoms with E-state index in [0.717, 1.165) is 60.6 Å². The predicted octanol–water partition coefficient (Wildman–Crippen LogP) is 2.00. The molecule has 1 atom stereocenters. The Morgan fingerprint density at radius 1 is 1.21 bits per heavy atom. The normalized spacial score (nSPS) is 19.1. The van der Waals surface area contributed by atoms with Crippen LogP contribution in [-0.4, -0.2) is 98.5 Å². The highest BCUT2D eigenvalue weighted by Crippen LogP contribution is 2.30. The van der Waals surface area contributed by atoms with Gasteiger partial charge in [-0.3, -0.25) is 9.59 Å². The summed E-state index contributed by atoms with van der Waals surface area (Å²) in [7, 11) is 5.73. The summed E-state index contributed by atoms with van der Waals surface area (Å²) in [6.07, 6.45) is 1.27. The van der Waals surface area contributed by atoms with Gasteiger partial charge < -0.3 is 24.3 Å². The van der Waals surface area contributed by atoms with Gasteiger partial charge in [-0.05, 0) is 51.7 Å². The lowest BCUT2D eigenvalue weighted by Gasteiger charge is -2.36. The van der Waals surface area contributed by atoms with Crippen LogP contribution in [-0.2, 0) is 9.59 Å². The van der Waals surface area contributed by atoms with Gasteiger partial charge in [0.05, 0.1) is 13.0 Å². The summed E-state index contributed by atoms with van der Waals surface area (Å²) in [5.74, 6) is 1.69. The number of ether oxygens (including phenoxy) is 1. The van der Waals surface area contributed by atoms with Gasteiger partial charge in [0.2, 0.25) is 11.8 Å². The molecule has 8 nitrogen and oxygen atoms in total. The largest absolute Gasteiger partial charge is 0.494 e. The molecule has 0 radical (unpaired) electrons. The van der Waals surface area contributed by atoms with Crippen molar-refractivity contribution in [3.63, 3.8) is 0 Å². The molecule has 8 heteroatoms. The summed E-state index contributed by atoms with van der Waals surface area (Å²) in [6.45, 7) is 7.07. The van der Waals surface area contributed by atoms with E-state index in [9.17, 15) is 9.59 Å². The second kappa shape index (κ2) is 9.95. The Labute approximate surface area is 196 Å². The standard InChI is InChI=1S/C25H35N5O3/c1-18-15-22(26-24-20(18)7-5-8-21(24)33-4)28-11-13-29(14-12-28)25(32)19-16-23(31)30(17-19)10-6-9-27(2)3/h5,7-8,15,19H,6,9-14,16-17H2,1-4H3. The number of hydrogen-bond donors (Lipinski definition) is 0. The van der Waals surface area contributed by atoms with Crippen LogP contribution in [0.15, 0.2) is 24.3 Å². The molecule has 1 unspecified atom stereocenters. The van der Waals surface area contributed by atoms with Crippen LogP contribution in [0.2, 0.25) is 0 Å². The maximum atomic E-state index is 13.1. The maximum Gasteiger partial charge on any atom is 0.228 e. The van der Waals surface area contributed by atoms with Crippen LogP contribution in [0, 0.1) is 12.8 Å². The predicted molar refractivity (Wildman–Crippen MR) is 130 cm³/mol. The molecule has 4 rings (SSSR count). The van der Waals surface area contributed by atoms with Crippen LogP contribution in [0.3, 0.4) is 0 Å². The fourth-order valence-corrected chi connectivity index (χ4v) is 4.85. The fourth-order valence-electron chi connectivity index (χ4n) is 4.85. The number of benzene rings is 1. The summed E-state index contributed by atoms with van der Waals surface area (Å²) in [4.78, 5) is 38.5. The first-order valence-corrected chi connectivity index (χ1v) is 11.8. The van der Waals surface area contributed by atoms with Crippen LogP contribution in [0.25, 0.3) is 10.9 Å². The first-order valence-electron chi connectivity index (χ1n) is 11.8. The zero-order valence-electron chi connectivity index (χ0n) is 20.2. The lowest BCUT2D eigenvalue weighted by Crippen LogP contribution is -2.51. The lowest BCUT2D eigenvalue weighted by molar-refractivity contribution is -0.136. The molecule has 2 aliphatic rings. The van der Waals surface area contributed by atoms with E-state index in [2.05, 4.69) is 28.9 Å². The Morgan fingerprint density at radius 2 is 1.97 bits per heavy atom. The molecule has 2 fully saturated rings. The minimum atomic E-state index is -0.214. The molecule has 2 aliphatic heterocycles. The first kappa shape index (κ1) is 23.3. The third kappa shape index (κ3) is 5.05. The second-order valence-electron chi connectivity index (χ2n) is 9.36. The van der Waals surface area contributed by atoms with E-state index < -0.39 is 0 Å². The number of aromatic nitrogens is 1. The second-order valence-corrected chi connectivity index (χ2v) is 9.36. The van der Waals surface area contributed by atoms with E-state index in [-0.39, 0.29) is 17.7 Å². The molecule has 1 aromatic carbocycles. The smallest absolute Gasteiger partial charge is 0.228 e. The molecule has 2 amide bonds. The van der Waals surface area contributed by atoms with Gasteiger partial charge in [0.1, 0.15) is 17.1 Å². The van der Waals surface area contributed by atoms with Crippen molar-refractivity contribution in [2.45, 2.75) is 19.8 Å². The SMILES string of the molecule is COc1cccc2c(C)cc(N3CCN(C(=O)C4CC(=O)N(CCCN(C)C)C4)CC3)nc12. The third-order valence-corrected chi connectivity index (χ3v) is 6.73. The molecular weight excluding hydrogens is 418 g/mol.